The van der Waals surface area contributed by atoms with Crippen molar-refractivity contribution in [2.45, 2.75) is 69.7 Å². The number of unbranched alkanes of at least 4 members (excludes halogenated alkanes) is 2. The number of rotatable bonds is 5. The fourth-order valence-electron chi connectivity index (χ4n) is 4.97. The summed E-state index contributed by atoms with van der Waals surface area (Å²) in [5, 5.41) is 0. The molecule has 1 aliphatic carbocycles. The summed E-state index contributed by atoms with van der Waals surface area (Å²) in [5.74, 6) is 0.882. The van der Waals surface area contributed by atoms with Crippen LogP contribution in [-0.2, 0) is 5.41 Å². The van der Waals surface area contributed by atoms with Crippen LogP contribution in [0.4, 0.5) is 0 Å². The minimum absolute atomic E-state index is 0.491. The van der Waals surface area contributed by atoms with E-state index in [-0.39, 0.29) is 0 Å². The molecule has 0 spiro atoms. The first-order chi connectivity index (χ1) is 10.3. The highest BCUT2D eigenvalue weighted by Gasteiger charge is 2.49. The summed E-state index contributed by atoms with van der Waals surface area (Å²) in [7, 11) is 2.36. The average Bonchev–Trinajstić information content (AvgIpc) is 2.92. The van der Waals surface area contributed by atoms with E-state index in [2.05, 4.69) is 49.2 Å². The molecule has 1 aromatic rings. The lowest BCUT2D eigenvalue weighted by molar-refractivity contribution is 0.0698. The highest BCUT2D eigenvalue weighted by Crippen LogP contribution is 2.52. The van der Waals surface area contributed by atoms with Crippen LogP contribution >= 0.6 is 0 Å². The van der Waals surface area contributed by atoms with Crippen molar-refractivity contribution in [1.29, 1.82) is 0 Å². The molecule has 0 amide bonds. The van der Waals surface area contributed by atoms with Gasteiger partial charge in [0.1, 0.15) is 0 Å². The third-order valence-corrected chi connectivity index (χ3v) is 6.18. The van der Waals surface area contributed by atoms with Gasteiger partial charge in [-0.15, -0.1) is 0 Å². The largest absolute Gasteiger partial charge is 0.303 e. The van der Waals surface area contributed by atoms with Gasteiger partial charge < -0.3 is 4.90 Å². The van der Waals surface area contributed by atoms with Crippen LogP contribution in [0.1, 0.15) is 63.9 Å². The Hall–Kier alpha value is -0.820. The van der Waals surface area contributed by atoms with Gasteiger partial charge in [0.2, 0.25) is 0 Å². The summed E-state index contributed by atoms with van der Waals surface area (Å²) in [4.78, 5) is 2.67. The minimum atomic E-state index is 0.491. The van der Waals surface area contributed by atoms with Gasteiger partial charge in [0.15, 0.2) is 0 Å². The molecule has 1 heterocycles. The number of nitrogens with zero attached hydrogens (tertiary/aromatic N) is 1. The highest BCUT2D eigenvalue weighted by atomic mass is 15.1. The molecule has 3 atom stereocenters. The topological polar surface area (TPSA) is 3.24 Å². The molecule has 3 rings (SSSR count). The van der Waals surface area contributed by atoms with Crippen LogP contribution in [0.2, 0.25) is 0 Å². The normalized spacial score (nSPS) is 33.0. The number of fused-ring (bicyclic) bond motifs is 1. The van der Waals surface area contributed by atoms with Crippen molar-refractivity contribution < 1.29 is 0 Å². The van der Waals surface area contributed by atoms with E-state index in [1.807, 2.05) is 0 Å². The Kier molecular flexibility index (Phi) is 4.69. The van der Waals surface area contributed by atoms with E-state index in [1.54, 1.807) is 5.56 Å². The van der Waals surface area contributed by atoms with Gasteiger partial charge in [-0.3, -0.25) is 0 Å². The van der Waals surface area contributed by atoms with Crippen LogP contribution in [0, 0.1) is 5.92 Å². The van der Waals surface area contributed by atoms with Crippen LogP contribution in [0.5, 0.6) is 0 Å². The molecule has 2 fully saturated rings. The first-order valence-electron chi connectivity index (χ1n) is 9.02. The maximum atomic E-state index is 2.67. The molecule has 3 unspecified atom stereocenters. The van der Waals surface area contributed by atoms with Crippen molar-refractivity contribution in [3.8, 4) is 0 Å². The fraction of sp³-hybridized carbons (Fsp3) is 0.700. The number of hydrogen-bond donors (Lipinski definition) is 0. The molecule has 0 bridgehead atoms. The molecular weight excluding hydrogens is 254 g/mol. The Labute approximate surface area is 130 Å². The Bertz CT molecular complexity index is 440. The lowest BCUT2D eigenvalue weighted by Gasteiger charge is -2.48. The number of hydrogen-bond acceptors (Lipinski definition) is 1. The van der Waals surface area contributed by atoms with Gasteiger partial charge in [0, 0.05) is 18.0 Å². The van der Waals surface area contributed by atoms with E-state index < -0.39 is 0 Å². The Balaban J connectivity index is 1.80. The van der Waals surface area contributed by atoms with Crippen LogP contribution in [0.25, 0.3) is 0 Å². The molecule has 1 saturated heterocycles. The van der Waals surface area contributed by atoms with Crippen LogP contribution in [-0.4, -0.2) is 24.5 Å². The Morgan fingerprint density at radius 3 is 2.76 bits per heavy atom. The van der Waals surface area contributed by atoms with Crippen LogP contribution < -0.4 is 0 Å². The molecule has 0 aromatic heterocycles. The summed E-state index contributed by atoms with van der Waals surface area (Å²) in [6, 6.07) is 12.2. The number of benzene rings is 1. The van der Waals surface area contributed by atoms with Gasteiger partial charge in [-0.05, 0) is 44.2 Å². The van der Waals surface area contributed by atoms with Gasteiger partial charge in [-0.1, -0.05) is 62.9 Å². The van der Waals surface area contributed by atoms with Crippen molar-refractivity contribution in [3.63, 3.8) is 0 Å². The van der Waals surface area contributed by atoms with Crippen LogP contribution in [0.3, 0.4) is 0 Å². The maximum Gasteiger partial charge on any atom is 0.0101 e. The third kappa shape index (κ3) is 2.90. The lowest BCUT2D eigenvalue weighted by atomic mass is 9.65. The zero-order chi connectivity index (χ0) is 14.7. The zero-order valence-corrected chi connectivity index (χ0v) is 13.9. The Morgan fingerprint density at radius 2 is 2.00 bits per heavy atom. The van der Waals surface area contributed by atoms with Gasteiger partial charge >= 0.3 is 0 Å². The summed E-state index contributed by atoms with van der Waals surface area (Å²) >= 11 is 0. The first-order valence-corrected chi connectivity index (χ1v) is 9.02. The van der Waals surface area contributed by atoms with E-state index in [1.165, 1.54) is 57.9 Å². The standard InChI is InChI=1S/C20H31N/c1-3-4-6-13-19-15-20(17-10-7-5-8-11-17)14-9-12-18(20)16-21(19)2/h5,7-8,10-11,18-19H,3-4,6,9,12-16H2,1-2H3. The van der Waals surface area contributed by atoms with Gasteiger partial charge in [0.25, 0.3) is 0 Å². The van der Waals surface area contributed by atoms with E-state index in [0.717, 1.165) is 12.0 Å². The SMILES string of the molecule is CCCCCC1CC2(c3ccccc3)CCCC2CN1C. The predicted octanol–water partition coefficient (Wildman–Crippen LogP) is 5.01. The van der Waals surface area contributed by atoms with E-state index in [0.29, 0.717) is 5.41 Å². The molecule has 1 aliphatic heterocycles. The molecular formula is C20H31N. The number of piperidine rings is 1. The molecule has 1 heteroatoms. The lowest BCUT2D eigenvalue weighted by Crippen LogP contribution is -2.51. The third-order valence-electron chi connectivity index (χ3n) is 6.18. The van der Waals surface area contributed by atoms with E-state index in [9.17, 15) is 0 Å². The average molecular weight is 285 g/mol. The van der Waals surface area contributed by atoms with Crippen molar-refractivity contribution in [1.82, 2.24) is 4.90 Å². The summed E-state index contributed by atoms with van der Waals surface area (Å²) in [6.07, 6.45) is 11.2. The molecule has 1 aromatic carbocycles. The highest BCUT2D eigenvalue weighted by molar-refractivity contribution is 5.29. The molecule has 2 aliphatic rings. The second-order valence-corrected chi connectivity index (χ2v) is 7.40. The molecule has 1 nitrogen and oxygen atoms in total. The van der Waals surface area contributed by atoms with Gasteiger partial charge in [-0.25, -0.2) is 0 Å². The minimum Gasteiger partial charge on any atom is -0.303 e. The summed E-state index contributed by atoms with van der Waals surface area (Å²) in [6.45, 7) is 3.62. The van der Waals surface area contributed by atoms with E-state index in [4.69, 9.17) is 0 Å². The first kappa shape index (κ1) is 15.1. The molecule has 21 heavy (non-hydrogen) atoms. The molecule has 0 N–H and O–H groups in total. The zero-order valence-electron chi connectivity index (χ0n) is 13.9. The van der Waals surface area contributed by atoms with Crippen molar-refractivity contribution in [3.05, 3.63) is 35.9 Å². The van der Waals surface area contributed by atoms with E-state index >= 15 is 0 Å². The van der Waals surface area contributed by atoms with Crippen LogP contribution in [0.15, 0.2) is 30.3 Å². The second-order valence-electron chi connectivity index (χ2n) is 7.40. The summed E-state index contributed by atoms with van der Waals surface area (Å²) < 4.78 is 0. The van der Waals surface area contributed by atoms with Crippen molar-refractivity contribution in [2.75, 3.05) is 13.6 Å². The fourth-order valence-corrected chi connectivity index (χ4v) is 4.97. The van der Waals surface area contributed by atoms with Crippen molar-refractivity contribution >= 4 is 0 Å². The quantitative estimate of drug-likeness (QED) is 0.687. The molecule has 116 valence electrons. The van der Waals surface area contributed by atoms with Crippen molar-refractivity contribution in [2.24, 2.45) is 5.92 Å². The molecule has 0 radical (unpaired) electrons. The molecule has 1 saturated carbocycles. The predicted molar refractivity (Wildman–Crippen MR) is 90.6 cm³/mol. The summed E-state index contributed by atoms with van der Waals surface area (Å²) in [5.41, 5.74) is 2.12. The number of likely N-dealkylation sites (tertiary alicyclic amines) is 1. The van der Waals surface area contributed by atoms with Gasteiger partial charge in [-0.2, -0.15) is 0 Å². The van der Waals surface area contributed by atoms with Gasteiger partial charge in [0.05, 0.1) is 0 Å². The second kappa shape index (κ2) is 6.52. The Morgan fingerprint density at radius 1 is 1.19 bits per heavy atom. The monoisotopic (exact) mass is 285 g/mol. The smallest absolute Gasteiger partial charge is 0.0101 e. The maximum absolute atomic E-state index is 2.67.